The van der Waals surface area contributed by atoms with E-state index in [9.17, 15) is 14.4 Å². The van der Waals surface area contributed by atoms with Crippen molar-refractivity contribution in [3.63, 3.8) is 0 Å². The zero-order valence-corrected chi connectivity index (χ0v) is 49.0. The Kier molecular flexibility index (Phi) is 58.9. The number of carbonyl (C=O) groups is 3. The molecule has 0 aromatic rings. The van der Waals surface area contributed by atoms with Crippen LogP contribution in [-0.4, -0.2) is 37.2 Å². The number of rotatable bonds is 54. The largest absolute Gasteiger partial charge is 0.462 e. The predicted octanol–water partition coefficient (Wildman–Crippen LogP) is 21.2. The van der Waals surface area contributed by atoms with Crippen LogP contribution in [0.4, 0.5) is 0 Å². The third-order valence-electron chi connectivity index (χ3n) is 12.5. The molecular weight excluding hydrogens is 937 g/mol. The number of ether oxygens (including phenoxy) is 3. The van der Waals surface area contributed by atoms with Crippen LogP contribution in [0.3, 0.4) is 0 Å². The van der Waals surface area contributed by atoms with Crippen molar-refractivity contribution < 1.29 is 28.6 Å². The van der Waals surface area contributed by atoms with Gasteiger partial charge in [-0.25, -0.2) is 0 Å². The fourth-order valence-electron chi connectivity index (χ4n) is 8.00. The van der Waals surface area contributed by atoms with Gasteiger partial charge < -0.3 is 14.2 Å². The van der Waals surface area contributed by atoms with Gasteiger partial charge in [0.1, 0.15) is 13.2 Å². The third kappa shape index (κ3) is 60.2. The Labute approximate surface area is 467 Å². The van der Waals surface area contributed by atoms with E-state index in [-0.39, 0.29) is 31.1 Å². The zero-order chi connectivity index (χ0) is 55.0. The van der Waals surface area contributed by atoms with Crippen LogP contribution >= 0.6 is 0 Å². The first kappa shape index (κ1) is 71.3. The van der Waals surface area contributed by atoms with Crippen molar-refractivity contribution in [1.29, 1.82) is 0 Å². The van der Waals surface area contributed by atoms with Gasteiger partial charge in [-0.15, -0.1) is 0 Å². The molecule has 0 saturated carbocycles. The van der Waals surface area contributed by atoms with E-state index in [1.165, 1.54) is 51.4 Å². The van der Waals surface area contributed by atoms with E-state index in [1.807, 2.05) is 0 Å². The Hall–Kier alpha value is -4.71. The van der Waals surface area contributed by atoms with Crippen molar-refractivity contribution in [3.8, 4) is 0 Å². The standard InChI is InChI=1S/C70H112O6/c1-4-7-10-13-16-19-22-24-26-28-29-30-31-32-33-34-35-36-37-38-39-40-41-43-44-46-48-51-54-57-60-63-69(72)75-66-67(65-74-68(71)62-59-56-53-50-21-18-15-12-9-6-3)76-70(73)64-61-58-55-52-49-47-45-42-27-25-23-20-17-14-11-8-5-2/h7-8,10-12,15-17,19-20,24-27,29-30,32-33,35-36,38-39,41,43,67H,4-6,9,13-14,18,21-23,28,31,34,37,40,42,44-66H2,1-3H3/b10-7-,11-8-,15-12-,19-16-,20-17-,26-24-,27-25-,30-29-,33-32-,36-35-,39-38-,43-41-. The quantitative estimate of drug-likeness (QED) is 0.0261. The van der Waals surface area contributed by atoms with E-state index in [4.69, 9.17) is 14.2 Å². The molecule has 1 atom stereocenters. The first-order chi connectivity index (χ1) is 37.5. The highest BCUT2D eigenvalue weighted by molar-refractivity contribution is 5.71. The Morgan fingerprint density at radius 1 is 0.276 bits per heavy atom. The summed E-state index contributed by atoms with van der Waals surface area (Å²) in [4.78, 5) is 38.2. The molecule has 0 spiro atoms. The van der Waals surface area contributed by atoms with Gasteiger partial charge in [-0.05, 0) is 135 Å². The summed E-state index contributed by atoms with van der Waals surface area (Å²) < 4.78 is 16.8. The molecule has 0 amide bonds. The van der Waals surface area contributed by atoms with E-state index >= 15 is 0 Å². The van der Waals surface area contributed by atoms with Crippen LogP contribution in [-0.2, 0) is 28.6 Å². The molecule has 0 N–H and O–H groups in total. The van der Waals surface area contributed by atoms with Gasteiger partial charge in [0, 0.05) is 19.3 Å². The Morgan fingerprint density at radius 2 is 0.513 bits per heavy atom. The Balaban J connectivity index is 4.30. The molecule has 0 radical (unpaired) electrons. The van der Waals surface area contributed by atoms with Gasteiger partial charge in [-0.1, -0.05) is 250 Å². The summed E-state index contributed by atoms with van der Waals surface area (Å²) in [5.41, 5.74) is 0. The maximum absolute atomic E-state index is 12.9. The fraction of sp³-hybridized carbons (Fsp3) is 0.614. The number of unbranched alkanes of at least 4 members (excludes halogenated alkanes) is 19. The molecule has 0 bridgehead atoms. The second-order valence-electron chi connectivity index (χ2n) is 19.8. The smallest absolute Gasteiger partial charge is 0.306 e. The van der Waals surface area contributed by atoms with Crippen molar-refractivity contribution in [2.75, 3.05) is 13.2 Å². The van der Waals surface area contributed by atoms with E-state index in [0.717, 1.165) is 167 Å². The van der Waals surface area contributed by atoms with E-state index in [1.54, 1.807) is 0 Å². The van der Waals surface area contributed by atoms with Crippen LogP contribution in [0.5, 0.6) is 0 Å². The van der Waals surface area contributed by atoms with Gasteiger partial charge in [0.05, 0.1) is 0 Å². The average molecular weight is 1050 g/mol. The number of allylic oxidation sites excluding steroid dienone is 24. The third-order valence-corrected chi connectivity index (χ3v) is 12.5. The van der Waals surface area contributed by atoms with Crippen molar-refractivity contribution in [1.82, 2.24) is 0 Å². The minimum Gasteiger partial charge on any atom is -0.462 e. The first-order valence-corrected chi connectivity index (χ1v) is 30.8. The molecule has 0 aliphatic rings. The second-order valence-corrected chi connectivity index (χ2v) is 19.8. The van der Waals surface area contributed by atoms with Gasteiger partial charge in [-0.2, -0.15) is 0 Å². The van der Waals surface area contributed by atoms with Crippen LogP contribution in [0.25, 0.3) is 0 Å². The van der Waals surface area contributed by atoms with Gasteiger partial charge in [0.2, 0.25) is 0 Å². The highest BCUT2D eigenvalue weighted by Gasteiger charge is 2.19. The molecular formula is C70H112O6. The minimum atomic E-state index is -0.799. The molecule has 6 nitrogen and oxygen atoms in total. The van der Waals surface area contributed by atoms with E-state index < -0.39 is 6.10 Å². The lowest BCUT2D eigenvalue weighted by Crippen LogP contribution is -2.30. The second kappa shape index (κ2) is 62.8. The Morgan fingerprint density at radius 3 is 0.816 bits per heavy atom. The topological polar surface area (TPSA) is 78.9 Å². The molecule has 0 aromatic carbocycles. The van der Waals surface area contributed by atoms with Gasteiger partial charge in [-0.3, -0.25) is 14.4 Å². The average Bonchev–Trinajstić information content (AvgIpc) is 3.42. The maximum atomic E-state index is 12.9. The summed E-state index contributed by atoms with van der Waals surface area (Å²) in [6, 6.07) is 0. The van der Waals surface area contributed by atoms with Crippen molar-refractivity contribution in [2.24, 2.45) is 0 Å². The molecule has 0 rings (SSSR count). The number of hydrogen-bond acceptors (Lipinski definition) is 6. The molecule has 0 aliphatic carbocycles. The lowest BCUT2D eigenvalue weighted by molar-refractivity contribution is -0.167. The lowest BCUT2D eigenvalue weighted by atomic mass is 10.1. The van der Waals surface area contributed by atoms with Crippen LogP contribution in [0.15, 0.2) is 146 Å². The van der Waals surface area contributed by atoms with Gasteiger partial charge in [0.15, 0.2) is 6.10 Å². The van der Waals surface area contributed by atoms with Crippen molar-refractivity contribution in [2.45, 2.75) is 264 Å². The fourth-order valence-corrected chi connectivity index (χ4v) is 8.00. The number of esters is 3. The minimum absolute atomic E-state index is 0.0958. The van der Waals surface area contributed by atoms with Gasteiger partial charge in [0.25, 0.3) is 0 Å². The molecule has 428 valence electrons. The number of hydrogen-bond donors (Lipinski definition) is 0. The number of carbonyl (C=O) groups excluding carboxylic acids is 3. The molecule has 1 unspecified atom stereocenters. The predicted molar refractivity (Wildman–Crippen MR) is 329 cm³/mol. The Bertz CT molecular complexity index is 1680. The summed E-state index contributed by atoms with van der Waals surface area (Å²) in [5, 5.41) is 0. The van der Waals surface area contributed by atoms with Crippen LogP contribution in [0.2, 0.25) is 0 Å². The summed E-state index contributed by atoms with van der Waals surface area (Å²) in [7, 11) is 0. The molecule has 0 fully saturated rings. The zero-order valence-electron chi connectivity index (χ0n) is 49.0. The van der Waals surface area contributed by atoms with Gasteiger partial charge >= 0.3 is 17.9 Å². The summed E-state index contributed by atoms with van der Waals surface area (Å²) in [6.45, 7) is 6.32. The maximum Gasteiger partial charge on any atom is 0.306 e. The van der Waals surface area contributed by atoms with E-state index in [0.29, 0.717) is 19.3 Å². The summed E-state index contributed by atoms with van der Waals surface area (Å²) >= 11 is 0. The summed E-state index contributed by atoms with van der Waals surface area (Å²) in [6.07, 6.45) is 90.0. The molecule has 6 heteroatoms. The van der Waals surface area contributed by atoms with Crippen LogP contribution in [0, 0.1) is 0 Å². The lowest BCUT2D eigenvalue weighted by Gasteiger charge is -2.18. The van der Waals surface area contributed by atoms with Crippen LogP contribution in [0.1, 0.15) is 258 Å². The van der Waals surface area contributed by atoms with Crippen LogP contribution < -0.4 is 0 Å². The first-order valence-electron chi connectivity index (χ1n) is 30.8. The molecule has 0 saturated heterocycles. The molecule has 76 heavy (non-hydrogen) atoms. The summed E-state index contributed by atoms with van der Waals surface area (Å²) in [5.74, 6) is -0.935. The molecule has 0 aliphatic heterocycles. The van der Waals surface area contributed by atoms with E-state index in [2.05, 4.69) is 167 Å². The molecule has 0 aromatic heterocycles. The highest BCUT2D eigenvalue weighted by Crippen LogP contribution is 2.14. The SMILES string of the molecule is CC/C=C\C/C=C\C/C=C\C/C=C\C/C=C\C/C=C\C/C=C\C/C=C\CCCCCCCCC(=O)OCC(COC(=O)CCCCCCC/C=C\CCC)OC(=O)CCCCCCCCC/C=C\C/C=C\C/C=C\CC. The normalized spacial score (nSPS) is 13.1. The molecule has 0 heterocycles. The highest BCUT2D eigenvalue weighted by atomic mass is 16.6. The van der Waals surface area contributed by atoms with Crippen molar-refractivity contribution in [3.05, 3.63) is 146 Å². The monoisotopic (exact) mass is 1050 g/mol. The van der Waals surface area contributed by atoms with Crippen molar-refractivity contribution >= 4 is 17.9 Å².